The Labute approximate surface area is 151 Å². The van der Waals surface area contributed by atoms with Gasteiger partial charge in [-0.1, -0.05) is 6.07 Å². The van der Waals surface area contributed by atoms with Crippen LogP contribution in [0.2, 0.25) is 0 Å². The van der Waals surface area contributed by atoms with Crippen LogP contribution in [0, 0.1) is 30.2 Å². The Morgan fingerprint density at radius 3 is 2.30 bits per heavy atom. The highest BCUT2D eigenvalue weighted by Gasteiger charge is 2.16. The standard InChI is InChI=1S/C18H12F4N4O/c1-9-7-15(17(27)26-16-11(20)3-2-4-12(16)21)25-18(23-9)24-14-6-5-10(19)8-13(14)22/h2-8H,1H3,(H,26,27)(H,23,24,25). The molecule has 0 saturated heterocycles. The lowest BCUT2D eigenvalue weighted by atomic mass is 10.2. The monoisotopic (exact) mass is 376 g/mol. The first-order valence-corrected chi connectivity index (χ1v) is 7.66. The zero-order chi connectivity index (χ0) is 19.6. The van der Waals surface area contributed by atoms with E-state index in [1.165, 1.54) is 6.07 Å². The molecule has 1 aromatic heterocycles. The maximum absolute atomic E-state index is 13.8. The van der Waals surface area contributed by atoms with Crippen LogP contribution in [0.4, 0.5) is 34.9 Å². The predicted octanol–water partition coefficient (Wildman–Crippen LogP) is 4.34. The van der Waals surface area contributed by atoms with Gasteiger partial charge in [0.2, 0.25) is 5.95 Å². The lowest BCUT2D eigenvalue weighted by molar-refractivity contribution is 0.102. The molecule has 0 bridgehead atoms. The van der Waals surface area contributed by atoms with Gasteiger partial charge in [-0.2, -0.15) is 0 Å². The fraction of sp³-hybridized carbons (Fsp3) is 0.0556. The van der Waals surface area contributed by atoms with E-state index in [0.717, 1.165) is 30.3 Å². The van der Waals surface area contributed by atoms with E-state index in [-0.39, 0.29) is 17.3 Å². The van der Waals surface area contributed by atoms with Crippen LogP contribution in [-0.4, -0.2) is 15.9 Å². The minimum Gasteiger partial charge on any atom is -0.322 e. The van der Waals surface area contributed by atoms with Gasteiger partial charge in [0, 0.05) is 11.8 Å². The second-order valence-electron chi connectivity index (χ2n) is 5.52. The average Bonchev–Trinajstić information content (AvgIpc) is 2.60. The number of anilines is 3. The van der Waals surface area contributed by atoms with Gasteiger partial charge in [0.1, 0.15) is 34.7 Å². The molecule has 138 valence electrons. The van der Waals surface area contributed by atoms with Gasteiger partial charge >= 0.3 is 0 Å². The summed E-state index contributed by atoms with van der Waals surface area (Å²) >= 11 is 0. The first-order valence-electron chi connectivity index (χ1n) is 7.66. The molecule has 1 heterocycles. The molecule has 0 aliphatic heterocycles. The number of amides is 1. The normalized spacial score (nSPS) is 10.6. The number of aryl methyl sites for hydroxylation is 1. The van der Waals surface area contributed by atoms with Crippen LogP contribution in [0.3, 0.4) is 0 Å². The Bertz CT molecular complexity index is 1010. The van der Waals surface area contributed by atoms with E-state index in [1.807, 2.05) is 0 Å². The summed E-state index contributed by atoms with van der Waals surface area (Å²) in [6, 6.07) is 7.30. The molecule has 0 atom stereocenters. The third-order valence-corrected chi connectivity index (χ3v) is 3.47. The number of hydrogen-bond acceptors (Lipinski definition) is 4. The van der Waals surface area contributed by atoms with Gasteiger partial charge in [-0.15, -0.1) is 0 Å². The number of carbonyl (C=O) groups is 1. The van der Waals surface area contributed by atoms with Crippen LogP contribution in [0.25, 0.3) is 0 Å². The number of carbonyl (C=O) groups excluding carboxylic acids is 1. The number of nitrogens with one attached hydrogen (secondary N) is 2. The molecule has 27 heavy (non-hydrogen) atoms. The molecule has 0 fully saturated rings. The Morgan fingerprint density at radius 1 is 0.926 bits per heavy atom. The van der Waals surface area contributed by atoms with E-state index >= 15 is 0 Å². The third kappa shape index (κ3) is 4.20. The number of nitrogens with zero attached hydrogens (tertiary/aromatic N) is 2. The maximum Gasteiger partial charge on any atom is 0.274 e. The summed E-state index contributed by atoms with van der Waals surface area (Å²) in [6.07, 6.45) is 0. The van der Waals surface area contributed by atoms with E-state index < -0.39 is 34.9 Å². The predicted molar refractivity (Wildman–Crippen MR) is 90.7 cm³/mol. The van der Waals surface area contributed by atoms with Crippen molar-refractivity contribution < 1.29 is 22.4 Å². The molecular weight excluding hydrogens is 364 g/mol. The van der Waals surface area contributed by atoms with Gasteiger partial charge in [-0.05, 0) is 37.3 Å². The smallest absolute Gasteiger partial charge is 0.274 e. The molecular formula is C18H12F4N4O. The van der Waals surface area contributed by atoms with Crippen LogP contribution in [0.5, 0.6) is 0 Å². The highest BCUT2D eigenvalue weighted by atomic mass is 19.1. The molecule has 1 amide bonds. The molecule has 0 unspecified atom stereocenters. The van der Waals surface area contributed by atoms with Crippen LogP contribution in [0.1, 0.15) is 16.2 Å². The molecule has 3 aromatic rings. The van der Waals surface area contributed by atoms with Gasteiger partial charge < -0.3 is 10.6 Å². The summed E-state index contributed by atoms with van der Waals surface area (Å²) in [5.74, 6) is -4.54. The lowest BCUT2D eigenvalue weighted by Gasteiger charge is -2.10. The Balaban J connectivity index is 1.87. The number of para-hydroxylation sites is 1. The second-order valence-corrected chi connectivity index (χ2v) is 5.52. The number of aromatic nitrogens is 2. The highest BCUT2D eigenvalue weighted by molar-refractivity contribution is 6.03. The molecule has 0 aliphatic rings. The molecule has 3 rings (SSSR count). The molecule has 2 aromatic carbocycles. The summed E-state index contributed by atoms with van der Waals surface area (Å²) < 4.78 is 54.1. The van der Waals surface area contributed by atoms with Crippen molar-refractivity contribution in [3.63, 3.8) is 0 Å². The van der Waals surface area contributed by atoms with Crippen LogP contribution in [-0.2, 0) is 0 Å². The summed E-state index contributed by atoms with van der Waals surface area (Å²) in [7, 11) is 0. The topological polar surface area (TPSA) is 66.9 Å². The molecule has 0 radical (unpaired) electrons. The minimum atomic E-state index is -0.944. The van der Waals surface area contributed by atoms with E-state index in [1.54, 1.807) is 6.92 Å². The van der Waals surface area contributed by atoms with Crippen LogP contribution in [0.15, 0.2) is 42.5 Å². The number of hydrogen-bond donors (Lipinski definition) is 2. The molecule has 0 saturated carbocycles. The summed E-state index contributed by atoms with van der Waals surface area (Å²) in [4.78, 5) is 20.2. The van der Waals surface area contributed by atoms with Crippen molar-refractivity contribution in [3.8, 4) is 0 Å². The zero-order valence-electron chi connectivity index (χ0n) is 13.9. The largest absolute Gasteiger partial charge is 0.322 e. The van der Waals surface area contributed by atoms with E-state index in [0.29, 0.717) is 11.8 Å². The van der Waals surface area contributed by atoms with Crippen molar-refractivity contribution in [3.05, 3.63) is 77.1 Å². The summed E-state index contributed by atoms with van der Waals surface area (Å²) in [5, 5.41) is 4.63. The molecule has 5 nitrogen and oxygen atoms in total. The van der Waals surface area contributed by atoms with Crippen LogP contribution < -0.4 is 10.6 Å². The molecule has 0 aliphatic carbocycles. The van der Waals surface area contributed by atoms with Gasteiger partial charge in [-0.3, -0.25) is 4.79 Å². The first-order chi connectivity index (χ1) is 12.8. The van der Waals surface area contributed by atoms with Crippen molar-refractivity contribution >= 4 is 23.2 Å². The van der Waals surface area contributed by atoms with Crippen molar-refractivity contribution in [1.82, 2.24) is 9.97 Å². The van der Waals surface area contributed by atoms with Crippen LogP contribution >= 0.6 is 0 Å². The lowest BCUT2D eigenvalue weighted by Crippen LogP contribution is -2.17. The van der Waals surface area contributed by atoms with Crippen molar-refractivity contribution in [2.75, 3.05) is 10.6 Å². The van der Waals surface area contributed by atoms with Gasteiger partial charge in [0.15, 0.2) is 0 Å². The number of rotatable bonds is 4. The van der Waals surface area contributed by atoms with Gasteiger partial charge in [0.25, 0.3) is 5.91 Å². The highest BCUT2D eigenvalue weighted by Crippen LogP contribution is 2.21. The fourth-order valence-electron chi connectivity index (χ4n) is 2.25. The van der Waals surface area contributed by atoms with Gasteiger partial charge in [-0.25, -0.2) is 27.5 Å². The second kappa shape index (κ2) is 7.40. The quantitative estimate of drug-likeness (QED) is 0.665. The average molecular weight is 376 g/mol. The summed E-state index contributed by atoms with van der Waals surface area (Å²) in [6.45, 7) is 1.55. The third-order valence-electron chi connectivity index (χ3n) is 3.47. The van der Waals surface area contributed by atoms with Gasteiger partial charge in [0.05, 0.1) is 5.69 Å². The number of benzene rings is 2. The summed E-state index contributed by atoms with van der Waals surface area (Å²) in [5.41, 5.74) is -0.573. The first kappa shape index (κ1) is 18.3. The SMILES string of the molecule is Cc1cc(C(=O)Nc2c(F)cccc2F)nc(Nc2ccc(F)cc2F)n1. The number of halogens is 4. The zero-order valence-corrected chi connectivity index (χ0v) is 13.9. The van der Waals surface area contributed by atoms with E-state index in [4.69, 9.17) is 0 Å². The maximum atomic E-state index is 13.8. The molecule has 9 heteroatoms. The molecule has 2 N–H and O–H groups in total. The van der Waals surface area contributed by atoms with Crippen molar-refractivity contribution in [2.45, 2.75) is 6.92 Å². The Morgan fingerprint density at radius 2 is 1.63 bits per heavy atom. The van der Waals surface area contributed by atoms with Crippen molar-refractivity contribution in [1.29, 1.82) is 0 Å². The van der Waals surface area contributed by atoms with E-state index in [9.17, 15) is 22.4 Å². The Kier molecular flexibility index (Phi) is 5.02. The minimum absolute atomic E-state index is 0.103. The fourth-order valence-corrected chi connectivity index (χ4v) is 2.25. The van der Waals surface area contributed by atoms with E-state index in [2.05, 4.69) is 20.6 Å². The molecule has 0 spiro atoms. The Hall–Kier alpha value is -3.49. The van der Waals surface area contributed by atoms with Crippen molar-refractivity contribution in [2.24, 2.45) is 0 Å².